The number of hydrogen-bond acceptors (Lipinski definition) is 6. The quantitative estimate of drug-likeness (QED) is 0.226. The maximum atomic E-state index is 13.2. The van der Waals surface area contributed by atoms with E-state index in [1.54, 1.807) is 29.4 Å². The molecule has 0 radical (unpaired) electrons. The number of carbonyl (C=O) groups is 1. The van der Waals surface area contributed by atoms with Gasteiger partial charge in [0.2, 0.25) is 11.9 Å². The van der Waals surface area contributed by atoms with Crippen molar-refractivity contribution in [3.8, 4) is 5.95 Å². The highest BCUT2D eigenvalue weighted by atomic mass is 35.5. The molecule has 2 heterocycles. The number of imidazole rings is 1. The second-order valence-corrected chi connectivity index (χ2v) is 9.94. The number of aromatic nitrogens is 4. The monoisotopic (exact) mass is 537 g/mol. The molecule has 0 spiro atoms. The van der Waals surface area contributed by atoms with E-state index in [1.807, 2.05) is 48.5 Å². The number of benzene rings is 2. The third-order valence-corrected chi connectivity index (χ3v) is 6.03. The van der Waals surface area contributed by atoms with E-state index in [0.717, 1.165) is 11.1 Å². The molecule has 2 aromatic heterocycles. The van der Waals surface area contributed by atoms with Gasteiger partial charge in [-0.05, 0) is 47.7 Å². The van der Waals surface area contributed by atoms with Crippen molar-refractivity contribution in [3.05, 3.63) is 94.5 Å². The van der Waals surface area contributed by atoms with Gasteiger partial charge in [-0.1, -0.05) is 61.3 Å². The zero-order chi connectivity index (χ0) is 26.2. The van der Waals surface area contributed by atoms with Crippen LogP contribution in [0.2, 0.25) is 10.0 Å². The zero-order valence-electron chi connectivity index (χ0n) is 20.7. The molecular weight excluding hydrogens is 509 g/mol. The van der Waals surface area contributed by atoms with Crippen molar-refractivity contribution in [2.75, 3.05) is 10.6 Å². The van der Waals surface area contributed by atoms with Crippen molar-refractivity contribution in [2.24, 2.45) is 5.92 Å². The van der Waals surface area contributed by atoms with Crippen LogP contribution in [0, 0.1) is 5.92 Å². The van der Waals surface area contributed by atoms with Gasteiger partial charge in [-0.2, -0.15) is 9.97 Å². The van der Waals surface area contributed by atoms with Gasteiger partial charge in [0, 0.05) is 41.6 Å². The predicted molar refractivity (Wildman–Crippen MR) is 148 cm³/mol. The normalized spacial score (nSPS) is 11.8. The van der Waals surface area contributed by atoms with Gasteiger partial charge in [-0.25, -0.2) is 4.98 Å². The molecule has 4 rings (SSSR count). The molecule has 3 N–H and O–H groups in total. The van der Waals surface area contributed by atoms with Gasteiger partial charge in [-0.3, -0.25) is 9.36 Å². The van der Waals surface area contributed by atoms with Crippen LogP contribution in [-0.4, -0.2) is 31.5 Å². The Morgan fingerprint density at radius 3 is 2.43 bits per heavy atom. The van der Waals surface area contributed by atoms with Gasteiger partial charge < -0.3 is 16.0 Å². The van der Waals surface area contributed by atoms with Gasteiger partial charge in [0.05, 0.1) is 0 Å². The first-order valence-corrected chi connectivity index (χ1v) is 12.8. The predicted octanol–water partition coefficient (Wildman–Crippen LogP) is 5.72. The first-order valence-electron chi connectivity index (χ1n) is 12.0. The molecular formula is C27H29Cl2N7O. The van der Waals surface area contributed by atoms with E-state index in [-0.39, 0.29) is 11.8 Å². The molecule has 0 fully saturated rings. The third kappa shape index (κ3) is 7.93. The highest BCUT2D eigenvalue weighted by molar-refractivity contribution is 6.30. The molecule has 0 aliphatic rings. The number of carbonyl (C=O) groups excluding carboxylic acids is 1. The largest absolute Gasteiger partial charge is 0.366 e. The number of halogens is 2. The topological polar surface area (TPSA) is 96.8 Å². The van der Waals surface area contributed by atoms with Crippen LogP contribution in [0.1, 0.15) is 31.4 Å². The lowest BCUT2D eigenvalue weighted by molar-refractivity contribution is -0.122. The van der Waals surface area contributed by atoms with E-state index in [2.05, 4.69) is 44.7 Å². The van der Waals surface area contributed by atoms with Crippen molar-refractivity contribution in [1.82, 2.24) is 24.8 Å². The van der Waals surface area contributed by atoms with Crippen LogP contribution in [0.25, 0.3) is 5.95 Å². The summed E-state index contributed by atoms with van der Waals surface area (Å²) in [6.07, 6.45) is 5.69. The second-order valence-electron chi connectivity index (χ2n) is 9.06. The average Bonchev–Trinajstić information content (AvgIpc) is 3.42. The van der Waals surface area contributed by atoms with Gasteiger partial charge in [0.15, 0.2) is 0 Å². The molecule has 10 heteroatoms. The van der Waals surface area contributed by atoms with Crippen LogP contribution in [0.4, 0.5) is 11.6 Å². The van der Waals surface area contributed by atoms with E-state index >= 15 is 0 Å². The summed E-state index contributed by atoms with van der Waals surface area (Å²) in [5.41, 5.74) is 1.99. The van der Waals surface area contributed by atoms with E-state index < -0.39 is 6.04 Å². The molecule has 37 heavy (non-hydrogen) atoms. The standard InChI is InChI=1S/C27H29Cl2N7O/c1-18(2)12-23(26(37)32-15-19-6-8-21(28)9-7-19)33-25-14-24(31-16-20-4-3-5-22(29)13-20)34-27(35-25)36-11-10-30-17-36/h3-11,13-14,17-18,23H,12,15-16H2,1-2H3,(H,32,37)(H2,31,33,34,35). The van der Waals surface area contributed by atoms with Gasteiger partial charge in [-0.15, -0.1) is 0 Å². The summed E-state index contributed by atoms with van der Waals surface area (Å²) in [4.78, 5) is 26.6. The lowest BCUT2D eigenvalue weighted by Crippen LogP contribution is -2.40. The minimum Gasteiger partial charge on any atom is -0.366 e. The Labute approximate surface area is 226 Å². The summed E-state index contributed by atoms with van der Waals surface area (Å²) >= 11 is 12.1. The Balaban J connectivity index is 1.53. The molecule has 1 amide bonds. The molecule has 8 nitrogen and oxygen atoms in total. The average molecular weight is 538 g/mol. The number of hydrogen-bond donors (Lipinski definition) is 3. The number of nitrogens with one attached hydrogen (secondary N) is 3. The van der Waals surface area contributed by atoms with E-state index in [4.69, 9.17) is 23.2 Å². The second kappa shape index (κ2) is 12.6. The van der Waals surface area contributed by atoms with Crippen molar-refractivity contribution in [3.63, 3.8) is 0 Å². The van der Waals surface area contributed by atoms with Crippen LogP contribution in [0.3, 0.4) is 0 Å². The fraction of sp³-hybridized carbons (Fsp3) is 0.259. The Morgan fingerprint density at radius 2 is 1.73 bits per heavy atom. The van der Waals surface area contributed by atoms with Crippen molar-refractivity contribution < 1.29 is 4.79 Å². The van der Waals surface area contributed by atoms with E-state index in [0.29, 0.717) is 47.1 Å². The SMILES string of the molecule is CC(C)CC(Nc1cc(NCc2cccc(Cl)c2)nc(-n2ccnc2)n1)C(=O)NCc1ccc(Cl)cc1. The molecule has 192 valence electrons. The number of nitrogens with zero attached hydrogens (tertiary/aromatic N) is 4. The molecule has 2 aromatic carbocycles. The first-order chi connectivity index (χ1) is 17.9. The molecule has 0 saturated heterocycles. The number of anilines is 2. The van der Waals surface area contributed by atoms with Crippen LogP contribution in [0.5, 0.6) is 0 Å². The molecule has 1 atom stereocenters. The van der Waals surface area contributed by atoms with Gasteiger partial charge in [0.25, 0.3) is 0 Å². The summed E-state index contributed by atoms with van der Waals surface area (Å²) in [5, 5.41) is 11.0. The number of amides is 1. The lowest BCUT2D eigenvalue weighted by Gasteiger charge is -2.21. The van der Waals surface area contributed by atoms with Crippen molar-refractivity contribution in [2.45, 2.75) is 39.4 Å². The smallest absolute Gasteiger partial charge is 0.242 e. The van der Waals surface area contributed by atoms with Gasteiger partial charge >= 0.3 is 0 Å². The van der Waals surface area contributed by atoms with Crippen molar-refractivity contribution >= 4 is 40.7 Å². The Kier molecular flexibility index (Phi) is 8.98. The molecule has 0 aliphatic carbocycles. The highest BCUT2D eigenvalue weighted by Crippen LogP contribution is 2.19. The lowest BCUT2D eigenvalue weighted by atomic mass is 10.0. The molecule has 4 aromatic rings. The Hall–Kier alpha value is -3.62. The Bertz CT molecular complexity index is 1310. The fourth-order valence-electron chi connectivity index (χ4n) is 3.73. The Morgan fingerprint density at radius 1 is 0.946 bits per heavy atom. The van der Waals surface area contributed by atoms with Crippen LogP contribution in [-0.2, 0) is 17.9 Å². The number of rotatable bonds is 11. The zero-order valence-corrected chi connectivity index (χ0v) is 22.2. The van der Waals surface area contributed by atoms with Crippen LogP contribution >= 0.6 is 23.2 Å². The molecule has 0 bridgehead atoms. The van der Waals surface area contributed by atoms with Gasteiger partial charge in [0.1, 0.15) is 24.0 Å². The van der Waals surface area contributed by atoms with E-state index in [9.17, 15) is 4.79 Å². The first kappa shape index (κ1) is 26.4. The maximum Gasteiger partial charge on any atom is 0.242 e. The summed E-state index contributed by atoms with van der Waals surface area (Å²) in [6.45, 7) is 5.09. The summed E-state index contributed by atoms with van der Waals surface area (Å²) in [6, 6.07) is 16.3. The summed E-state index contributed by atoms with van der Waals surface area (Å²) < 4.78 is 1.72. The molecule has 0 aliphatic heterocycles. The van der Waals surface area contributed by atoms with Crippen LogP contribution in [0.15, 0.2) is 73.3 Å². The minimum atomic E-state index is -0.487. The minimum absolute atomic E-state index is 0.111. The molecule has 1 unspecified atom stereocenters. The summed E-state index contributed by atoms with van der Waals surface area (Å²) in [5.74, 6) is 1.74. The van der Waals surface area contributed by atoms with Crippen LogP contribution < -0.4 is 16.0 Å². The van der Waals surface area contributed by atoms with E-state index in [1.165, 1.54) is 0 Å². The summed E-state index contributed by atoms with van der Waals surface area (Å²) in [7, 11) is 0. The van der Waals surface area contributed by atoms with Crippen molar-refractivity contribution in [1.29, 1.82) is 0 Å². The fourth-order valence-corrected chi connectivity index (χ4v) is 4.07. The third-order valence-electron chi connectivity index (χ3n) is 5.54. The highest BCUT2D eigenvalue weighted by Gasteiger charge is 2.21. The maximum absolute atomic E-state index is 13.2. The molecule has 0 saturated carbocycles.